The largest absolute Gasteiger partial charge is 0.294 e. The van der Waals surface area contributed by atoms with E-state index in [1.165, 1.54) is 5.56 Å². The van der Waals surface area contributed by atoms with E-state index in [9.17, 15) is 4.79 Å². The van der Waals surface area contributed by atoms with Gasteiger partial charge in [0.05, 0.1) is 12.7 Å². The summed E-state index contributed by atoms with van der Waals surface area (Å²) >= 11 is 0. The zero-order chi connectivity index (χ0) is 24.5. The smallest absolute Gasteiger partial charge is 0.256 e. The zero-order valence-corrected chi connectivity index (χ0v) is 20.4. The van der Waals surface area contributed by atoms with Crippen molar-refractivity contribution in [2.75, 3.05) is 0 Å². The third kappa shape index (κ3) is 3.92. The van der Waals surface area contributed by atoms with Crippen LogP contribution in [0.5, 0.6) is 0 Å². The number of nitrogens with one attached hydrogen (secondary N) is 1. The fraction of sp³-hybridized carbons (Fsp3) is 0.267. The first-order valence-corrected chi connectivity index (χ1v) is 12.7. The molecule has 1 saturated carbocycles. The lowest BCUT2D eigenvalue weighted by atomic mass is 9.93. The predicted molar refractivity (Wildman–Crippen MR) is 142 cm³/mol. The number of H-pyrrole nitrogens is 1. The normalized spacial score (nSPS) is 16.6. The Balaban J connectivity index is 1.32. The van der Waals surface area contributed by atoms with Crippen molar-refractivity contribution < 1.29 is 4.79 Å². The fourth-order valence-corrected chi connectivity index (χ4v) is 5.56. The molecule has 0 saturated heterocycles. The minimum Gasteiger partial charge on any atom is -0.294 e. The molecule has 1 spiro atoms. The number of aliphatic imine (C=N–C) groups is 1. The maximum Gasteiger partial charge on any atom is 0.256 e. The molecule has 1 fully saturated rings. The molecule has 4 aromatic rings. The lowest BCUT2D eigenvalue weighted by Gasteiger charge is -2.22. The lowest BCUT2D eigenvalue weighted by molar-refractivity contribution is -0.131. The molecule has 0 unspecified atom stereocenters. The van der Waals surface area contributed by atoms with Gasteiger partial charge in [0.2, 0.25) is 0 Å². The van der Waals surface area contributed by atoms with Crippen LogP contribution in [0.15, 0.2) is 84.0 Å². The number of aromatic amines is 1. The first-order valence-electron chi connectivity index (χ1n) is 12.7. The first kappa shape index (κ1) is 22.4. The van der Waals surface area contributed by atoms with Crippen molar-refractivity contribution in [2.45, 2.75) is 51.1 Å². The third-order valence-electron chi connectivity index (χ3n) is 7.47. The molecule has 6 rings (SSSR count). The maximum atomic E-state index is 13.3. The van der Waals surface area contributed by atoms with E-state index < -0.39 is 5.54 Å². The summed E-state index contributed by atoms with van der Waals surface area (Å²) in [4.78, 5) is 20.2. The monoisotopic (exact) mass is 475 g/mol. The summed E-state index contributed by atoms with van der Waals surface area (Å²) < 4.78 is 0. The minimum absolute atomic E-state index is 0.185. The van der Waals surface area contributed by atoms with E-state index >= 15 is 0 Å². The number of amidine groups is 1. The van der Waals surface area contributed by atoms with Crippen molar-refractivity contribution in [3.05, 3.63) is 84.6 Å². The topological polar surface area (TPSA) is 74.2 Å². The second-order valence-corrected chi connectivity index (χ2v) is 9.69. The molecule has 6 nitrogen and oxygen atoms in total. The van der Waals surface area contributed by atoms with E-state index in [-0.39, 0.29) is 5.91 Å². The molecule has 1 aliphatic heterocycles. The molecule has 6 heteroatoms. The number of benzene rings is 3. The van der Waals surface area contributed by atoms with Crippen molar-refractivity contribution in [1.82, 2.24) is 20.3 Å². The molecule has 0 bridgehead atoms. The van der Waals surface area contributed by atoms with Gasteiger partial charge in [-0.2, -0.15) is 15.4 Å². The number of amides is 1. The van der Waals surface area contributed by atoms with E-state index in [1.54, 1.807) is 6.20 Å². The maximum absolute atomic E-state index is 13.3. The van der Waals surface area contributed by atoms with Gasteiger partial charge < -0.3 is 0 Å². The molecule has 36 heavy (non-hydrogen) atoms. The average molecular weight is 476 g/mol. The number of rotatable bonds is 6. The van der Waals surface area contributed by atoms with Gasteiger partial charge in [-0.25, -0.2) is 0 Å². The number of hydrogen-bond donors (Lipinski definition) is 1. The van der Waals surface area contributed by atoms with Crippen molar-refractivity contribution in [3.63, 3.8) is 0 Å². The number of nitrogens with zero attached hydrogens (tertiary/aromatic N) is 4. The van der Waals surface area contributed by atoms with Crippen LogP contribution in [-0.4, -0.2) is 37.6 Å². The Labute approximate surface area is 211 Å². The lowest BCUT2D eigenvalue weighted by Crippen LogP contribution is -2.40. The average Bonchev–Trinajstić information content (AvgIpc) is 3.69. The molecule has 2 heterocycles. The van der Waals surface area contributed by atoms with Gasteiger partial charge >= 0.3 is 0 Å². The van der Waals surface area contributed by atoms with Crippen LogP contribution in [-0.2, 0) is 11.3 Å². The van der Waals surface area contributed by atoms with Crippen molar-refractivity contribution in [3.8, 4) is 33.5 Å². The van der Waals surface area contributed by atoms with Crippen LogP contribution in [0.3, 0.4) is 0 Å². The van der Waals surface area contributed by atoms with E-state index in [4.69, 9.17) is 4.99 Å². The van der Waals surface area contributed by atoms with Crippen LogP contribution in [0.2, 0.25) is 0 Å². The van der Waals surface area contributed by atoms with Crippen molar-refractivity contribution >= 4 is 11.7 Å². The van der Waals surface area contributed by atoms with Crippen LogP contribution in [0.4, 0.5) is 0 Å². The first-order chi connectivity index (χ1) is 17.7. The summed E-state index contributed by atoms with van der Waals surface area (Å²) in [6.07, 6.45) is 6.47. The van der Waals surface area contributed by atoms with Gasteiger partial charge in [0, 0.05) is 12.0 Å². The van der Waals surface area contributed by atoms with Crippen LogP contribution in [0.25, 0.3) is 33.5 Å². The molecular formula is C30H29N5O. The van der Waals surface area contributed by atoms with Gasteiger partial charge in [-0.05, 0) is 46.7 Å². The highest BCUT2D eigenvalue weighted by Crippen LogP contribution is 2.40. The SMILES string of the molecule is CCC1=NC2(CCCC2)C(=O)N1Cc1ccc(-c2cc(-c3ccccc3)ccc2-c2cn[nH]n2)cc1. The quantitative estimate of drug-likeness (QED) is 0.357. The van der Waals surface area contributed by atoms with E-state index in [0.29, 0.717) is 6.54 Å². The number of carbonyl (C=O) groups is 1. The Hall–Kier alpha value is -4.06. The molecule has 1 N–H and O–H groups in total. The molecule has 0 atom stereocenters. The van der Waals surface area contributed by atoms with Crippen LogP contribution in [0, 0.1) is 0 Å². The Kier molecular flexibility index (Phi) is 5.72. The molecule has 1 amide bonds. The zero-order valence-electron chi connectivity index (χ0n) is 20.4. The van der Waals surface area contributed by atoms with Gasteiger partial charge in [0.25, 0.3) is 5.91 Å². The predicted octanol–water partition coefficient (Wildman–Crippen LogP) is 6.27. The van der Waals surface area contributed by atoms with Gasteiger partial charge in [0.15, 0.2) is 0 Å². The molecule has 1 aliphatic carbocycles. The summed E-state index contributed by atoms with van der Waals surface area (Å²) in [6.45, 7) is 2.65. The minimum atomic E-state index is -0.490. The summed E-state index contributed by atoms with van der Waals surface area (Å²) in [5.41, 5.74) is 6.95. The van der Waals surface area contributed by atoms with E-state index in [2.05, 4.69) is 89.1 Å². The van der Waals surface area contributed by atoms with Gasteiger partial charge in [-0.3, -0.25) is 14.7 Å². The molecule has 0 radical (unpaired) electrons. The van der Waals surface area contributed by atoms with Crippen LogP contribution < -0.4 is 0 Å². The highest BCUT2D eigenvalue weighted by atomic mass is 16.2. The molecule has 2 aliphatic rings. The highest BCUT2D eigenvalue weighted by molar-refractivity contribution is 6.08. The van der Waals surface area contributed by atoms with E-state index in [0.717, 1.165) is 71.5 Å². The summed E-state index contributed by atoms with van der Waals surface area (Å²) in [5.74, 6) is 1.11. The molecular weight excluding hydrogens is 446 g/mol. The Morgan fingerprint density at radius 3 is 2.33 bits per heavy atom. The summed E-state index contributed by atoms with van der Waals surface area (Å²) in [7, 11) is 0. The number of carbonyl (C=O) groups excluding carboxylic acids is 1. The van der Waals surface area contributed by atoms with Gasteiger partial charge in [-0.15, -0.1) is 0 Å². The van der Waals surface area contributed by atoms with Crippen LogP contribution in [0.1, 0.15) is 44.6 Å². The Morgan fingerprint density at radius 1 is 0.889 bits per heavy atom. The van der Waals surface area contributed by atoms with Crippen LogP contribution >= 0.6 is 0 Å². The van der Waals surface area contributed by atoms with Crippen molar-refractivity contribution in [2.24, 2.45) is 4.99 Å². The second-order valence-electron chi connectivity index (χ2n) is 9.69. The number of aromatic nitrogens is 3. The van der Waals surface area contributed by atoms with E-state index in [1.807, 2.05) is 11.0 Å². The molecule has 180 valence electrons. The summed E-state index contributed by atoms with van der Waals surface area (Å²) in [6, 6.07) is 25.3. The Bertz CT molecular complexity index is 1400. The van der Waals surface area contributed by atoms with Gasteiger partial charge in [0.1, 0.15) is 17.1 Å². The third-order valence-corrected chi connectivity index (χ3v) is 7.47. The number of hydrogen-bond acceptors (Lipinski definition) is 4. The Morgan fingerprint density at radius 2 is 1.64 bits per heavy atom. The highest BCUT2D eigenvalue weighted by Gasteiger charge is 2.49. The molecule has 3 aromatic carbocycles. The summed E-state index contributed by atoms with van der Waals surface area (Å²) in [5, 5.41) is 11.1. The van der Waals surface area contributed by atoms with Gasteiger partial charge in [-0.1, -0.05) is 86.5 Å². The second kappa shape index (κ2) is 9.19. The fourth-order valence-electron chi connectivity index (χ4n) is 5.56. The molecule has 1 aromatic heterocycles. The van der Waals surface area contributed by atoms with Crippen molar-refractivity contribution in [1.29, 1.82) is 0 Å². The standard InChI is InChI=1S/C30H29N5O/c1-2-28-32-30(16-6-7-17-30)29(36)35(28)20-21-10-12-23(13-11-21)26-18-24(22-8-4-3-5-9-22)14-15-25(26)27-19-31-34-33-27/h3-5,8-15,18-19H,2,6-7,16-17,20H2,1H3,(H,31,33,34).